The van der Waals surface area contributed by atoms with E-state index < -0.39 is 5.97 Å². The number of hydrogen-bond acceptors (Lipinski definition) is 5. The van der Waals surface area contributed by atoms with Gasteiger partial charge >= 0.3 is 11.9 Å². The van der Waals surface area contributed by atoms with Crippen LogP contribution in [0, 0.1) is 0 Å². The number of ether oxygens (including phenoxy) is 3. The van der Waals surface area contributed by atoms with E-state index in [-0.39, 0.29) is 5.97 Å². The topological polar surface area (TPSA) is 61.8 Å². The van der Waals surface area contributed by atoms with Crippen molar-refractivity contribution in [1.29, 1.82) is 0 Å². The van der Waals surface area contributed by atoms with Gasteiger partial charge in [-0.05, 0) is 61.4 Å². The molecule has 2 aromatic carbocycles. The van der Waals surface area contributed by atoms with Gasteiger partial charge in [-0.2, -0.15) is 0 Å². The number of rotatable bonds is 11. The fourth-order valence-electron chi connectivity index (χ4n) is 2.45. The highest BCUT2D eigenvalue weighted by atomic mass is 16.5. The van der Waals surface area contributed by atoms with Gasteiger partial charge in [0.1, 0.15) is 11.5 Å². The smallest absolute Gasteiger partial charge is 0.343 e. The molecule has 0 aliphatic carbocycles. The van der Waals surface area contributed by atoms with Crippen LogP contribution in [-0.2, 0) is 4.74 Å². The Morgan fingerprint density at radius 2 is 1.25 bits per heavy atom. The minimum Gasteiger partial charge on any atom is -0.494 e. The summed E-state index contributed by atoms with van der Waals surface area (Å²) in [6.45, 7) is 5.26. The van der Waals surface area contributed by atoms with Crippen molar-refractivity contribution in [1.82, 2.24) is 0 Å². The van der Waals surface area contributed by atoms with Crippen molar-refractivity contribution in [3.05, 3.63) is 59.7 Å². The second-order valence-corrected chi connectivity index (χ2v) is 6.48. The summed E-state index contributed by atoms with van der Waals surface area (Å²) >= 11 is 0. The van der Waals surface area contributed by atoms with Gasteiger partial charge in [-0.1, -0.05) is 33.1 Å². The summed E-state index contributed by atoms with van der Waals surface area (Å²) in [5, 5.41) is 0. The second kappa shape index (κ2) is 11.8. The molecule has 0 atom stereocenters. The Morgan fingerprint density at radius 3 is 1.86 bits per heavy atom. The van der Waals surface area contributed by atoms with Crippen molar-refractivity contribution < 1.29 is 23.8 Å². The Morgan fingerprint density at radius 1 is 0.679 bits per heavy atom. The molecule has 0 aromatic heterocycles. The quantitative estimate of drug-likeness (QED) is 0.294. The van der Waals surface area contributed by atoms with Crippen LogP contribution < -0.4 is 9.47 Å². The first-order valence-corrected chi connectivity index (χ1v) is 9.86. The summed E-state index contributed by atoms with van der Waals surface area (Å²) in [5.74, 6) is 0.269. The van der Waals surface area contributed by atoms with Crippen molar-refractivity contribution in [3.63, 3.8) is 0 Å². The van der Waals surface area contributed by atoms with Gasteiger partial charge in [0, 0.05) is 0 Å². The maximum Gasteiger partial charge on any atom is 0.343 e. The molecule has 2 rings (SSSR count). The van der Waals surface area contributed by atoms with E-state index in [9.17, 15) is 9.59 Å². The predicted molar refractivity (Wildman–Crippen MR) is 108 cm³/mol. The van der Waals surface area contributed by atoms with Crippen molar-refractivity contribution in [2.24, 2.45) is 0 Å². The number of carbonyl (C=O) groups excluding carboxylic acids is 2. The summed E-state index contributed by atoms with van der Waals surface area (Å²) < 4.78 is 16.1. The van der Waals surface area contributed by atoms with Gasteiger partial charge in [0.05, 0.1) is 24.3 Å². The van der Waals surface area contributed by atoms with Gasteiger partial charge in [0.25, 0.3) is 0 Å². The van der Waals surface area contributed by atoms with E-state index in [1.54, 1.807) is 48.5 Å². The number of unbranched alkanes of at least 4 members (excludes halogenated alkanes) is 3. The SMILES string of the molecule is CCCCCOc1ccc(C(=O)Oc2ccc(C(=O)OCCCC)cc2)cc1. The van der Waals surface area contributed by atoms with Gasteiger partial charge in [-0.15, -0.1) is 0 Å². The largest absolute Gasteiger partial charge is 0.494 e. The zero-order chi connectivity index (χ0) is 20.2. The molecule has 0 unspecified atom stereocenters. The molecule has 5 nitrogen and oxygen atoms in total. The van der Waals surface area contributed by atoms with E-state index in [0.717, 1.165) is 37.9 Å². The molecular formula is C23H28O5. The molecule has 0 radical (unpaired) electrons. The number of benzene rings is 2. The average Bonchev–Trinajstić information content (AvgIpc) is 2.72. The number of hydrogen-bond donors (Lipinski definition) is 0. The van der Waals surface area contributed by atoms with E-state index in [1.165, 1.54) is 0 Å². The van der Waals surface area contributed by atoms with Crippen LogP contribution in [0.25, 0.3) is 0 Å². The highest BCUT2D eigenvalue weighted by Gasteiger charge is 2.11. The van der Waals surface area contributed by atoms with Crippen molar-refractivity contribution in [2.75, 3.05) is 13.2 Å². The lowest BCUT2D eigenvalue weighted by atomic mass is 10.2. The zero-order valence-electron chi connectivity index (χ0n) is 16.6. The van der Waals surface area contributed by atoms with E-state index in [0.29, 0.717) is 30.1 Å². The van der Waals surface area contributed by atoms with Gasteiger partial charge < -0.3 is 14.2 Å². The van der Waals surface area contributed by atoms with E-state index >= 15 is 0 Å². The van der Waals surface area contributed by atoms with Crippen LogP contribution >= 0.6 is 0 Å². The van der Waals surface area contributed by atoms with E-state index in [2.05, 4.69) is 6.92 Å². The maximum absolute atomic E-state index is 12.3. The predicted octanol–water partition coefficient (Wildman–Crippen LogP) is 5.43. The fraction of sp³-hybridized carbons (Fsp3) is 0.391. The third-order valence-electron chi connectivity index (χ3n) is 4.14. The summed E-state index contributed by atoms with van der Waals surface area (Å²) in [5.41, 5.74) is 0.865. The molecule has 5 heteroatoms. The van der Waals surface area contributed by atoms with Crippen LogP contribution in [0.2, 0.25) is 0 Å². The molecule has 28 heavy (non-hydrogen) atoms. The molecule has 150 valence electrons. The second-order valence-electron chi connectivity index (χ2n) is 6.48. The first-order valence-electron chi connectivity index (χ1n) is 9.86. The molecule has 0 heterocycles. The Labute approximate surface area is 166 Å². The number of carbonyl (C=O) groups is 2. The van der Waals surface area contributed by atoms with E-state index in [4.69, 9.17) is 14.2 Å². The van der Waals surface area contributed by atoms with Crippen LogP contribution in [0.3, 0.4) is 0 Å². The molecular weight excluding hydrogens is 356 g/mol. The summed E-state index contributed by atoms with van der Waals surface area (Å²) in [7, 11) is 0. The minimum absolute atomic E-state index is 0.370. The lowest BCUT2D eigenvalue weighted by Gasteiger charge is -2.08. The van der Waals surface area contributed by atoms with Gasteiger partial charge in [-0.25, -0.2) is 9.59 Å². The molecule has 0 aliphatic heterocycles. The van der Waals surface area contributed by atoms with Gasteiger partial charge in [0.15, 0.2) is 0 Å². The molecule has 0 bridgehead atoms. The molecule has 0 spiro atoms. The maximum atomic E-state index is 12.3. The van der Waals surface area contributed by atoms with Crippen LogP contribution in [0.5, 0.6) is 11.5 Å². The fourth-order valence-corrected chi connectivity index (χ4v) is 2.45. The molecule has 0 fully saturated rings. The molecule has 0 saturated carbocycles. The van der Waals surface area contributed by atoms with Gasteiger partial charge in [-0.3, -0.25) is 0 Å². The zero-order valence-corrected chi connectivity index (χ0v) is 16.6. The lowest BCUT2D eigenvalue weighted by molar-refractivity contribution is 0.0499. The molecule has 0 saturated heterocycles. The highest BCUT2D eigenvalue weighted by Crippen LogP contribution is 2.17. The third kappa shape index (κ3) is 7.06. The van der Waals surface area contributed by atoms with Crippen LogP contribution in [-0.4, -0.2) is 25.2 Å². The van der Waals surface area contributed by atoms with Crippen LogP contribution in [0.1, 0.15) is 66.7 Å². The Kier molecular flexibility index (Phi) is 9.05. The van der Waals surface area contributed by atoms with E-state index in [1.807, 2.05) is 6.92 Å². The van der Waals surface area contributed by atoms with Crippen LogP contribution in [0.4, 0.5) is 0 Å². The van der Waals surface area contributed by atoms with Crippen molar-refractivity contribution in [2.45, 2.75) is 46.0 Å². The highest BCUT2D eigenvalue weighted by molar-refractivity contribution is 5.92. The Hall–Kier alpha value is -2.82. The molecule has 2 aromatic rings. The Balaban J connectivity index is 1.85. The van der Waals surface area contributed by atoms with Crippen molar-refractivity contribution in [3.8, 4) is 11.5 Å². The molecule has 0 N–H and O–H groups in total. The van der Waals surface area contributed by atoms with Crippen LogP contribution in [0.15, 0.2) is 48.5 Å². The standard InChI is InChI=1S/C23H28O5/c1-3-5-7-17-26-20-12-8-19(9-13-20)23(25)28-21-14-10-18(11-15-21)22(24)27-16-6-4-2/h8-15H,3-7,16-17H2,1-2H3. The normalized spacial score (nSPS) is 10.4. The first kappa shape index (κ1) is 21.5. The number of esters is 2. The summed E-state index contributed by atoms with van der Waals surface area (Å²) in [6, 6.07) is 13.2. The summed E-state index contributed by atoms with van der Waals surface area (Å²) in [6.07, 6.45) is 5.11. The molecule has 0 aliphatic rings. The van der Waals surface area contributed by atoms with Crippen molar-refractivity contribution >= 4 is 11.9 Å². The third-order valence-corrected chi connectivity index (χ3v) is 4.14. The summed E-state index contributed by atoms with van der Waals surface area (Å²) in [4.78, 5) is 24.1. The average molecular weight is 384 g/mol. The monoisotopic (exact) mass is 384 g/mol. The van der Waals surface area contributed by atoms with Gasteiger partial charge in [0.2, 0.25) is 0 Å². The first-order chi connectivity index (χ1) is 13.6. The lowest BCUT2D eigenvalue weighted by Crippen LogP contribution is -2.09. The Bertz CT molecular complexity index is 735. The minimum atomic E-state index is -0.462. The molecule has 0 amide bonds.